The zero-order valence-corrected chi connectivity index (χ0v) is 16.4. The van der Waals surface area contributed by atoms with Gasteiger partial charge in [-0.15, -0.1) is 0 Å². The SMILES string of the molecule is O=C(CCNCc1ccc(OCCCCc2ccccc2)cc1)OC(=O)C(F)(F)F. The number of nitrogens with one attached hydrogen (secondary N) is 1. The largest absolute Gasteiger partial charge is 0.494 e. The molecule has 0 unspecified atom stereocenters. The smallest absolute Gasteiger partial charge is 0.491 e. The van der Waals surface area contributed by atoms with E-state index in [4.69, 9.17) is 4.74 Å². The molecule has 162 valence electrons. The molecule has 0 spiro atoms. The molecule has 2 aromatic rings. The molecular formula is C22H24F3NO4. The fourth-order valence-electron chi connectivity index (χ4n) is 2.60. The maximum Gasteiger partial charge on any atom is 0.491 e. The third-order valence-corrected chi connectivity index (χ3v) is 4.17. The van der Waals surface area contributed by atoms with E-state index in [-0.39, 0.29) is 13.0 Å². The Morgan fingerprint density at radius 1 is 0.900 bits per heavy atom. The summed E-state index contributed by atoms with van der Waals surface area (Å²) in [6.07, 6.45) is -2.50. The fraction of sp³-hybridized carbons (Fsp3) is 0.364. The Morgan fingerprint density at radius 3 is 2.27 bits per heavy atom. The Labute approximate surface area is 173 Å². The summed E-state index contributed by atoms with van der Waals surface area (Å²) in [6.45, 7) is 1.13. The highest BCUT2D eigenvalue weighted by Crippen LogP contribution is 2.17. The van der Waals surface area contributed by atoms with Crippen LogP contribution in [-0.4, -0.2) is 31.3 Å². The number of benzene rings is 2. The zero-order chi connectivity index (χ0) is 21.8. The molecule has 1 N–H and O–H groups in total. The summed E-state index contributed by atoms with van der Waals surface area (Å²) in [4.78, 5) is 21.7. The molecule has 0 aliphatic heterocycles. The van der Waals surface area contributed by atoms with Crippen molar-refractivity contribution in [3.63, 3.8) is 0 Å². The molecule has 0 aliphatic carbocycles. The van der Waals surface area contributed by atoms with Crippen molar-refractivity contribution in [1.29, 1.82) is 0 Å². The van der Waals surface area contributed by atoms with Crippen LogP contribution in [0.5, 0.6) is 5.75 Å². The Hall–Kier alpha value is -2.87. The number of unbranched alkanes of at least 4 members (excludes halogenated alkanes) is 1. The lowest BCUT2D eigenvalue weighted by Gasteiger charge is -2.09. The quantitative estimate of drug-likeness (QED) is 0.333. The van der Waals surface area contributed by atoms with Gasteiger partial charge in [0.2, 0.25) is 0 Å². The van der Waals surface area contributed by atoms with Gasteiger partial charge in [-0.3, -0.25) is 4.79 Å². The number of hydrogen-bond acceptors (Lipinski definition) is 5. The zero-order valence-electron chi connectivity index (χ0n) is 16.4. The molecule has 0 atom stereocenters. The molecule has 0 amide bonds. The summed E-state index contributed by atoms with van der Waals surface area (Å²) in [5.41, 5.74) is 2.24. The minimum Gasteiger partial charge on any atom is -0.494 e. The van der Waals surface area contributed by atoms with E-state index in [2.05, 4.69) is 22.2 Å². The molecule has 0 fully saturated rings. The number of alkyl halides is 3. The summed E-state index contributed by atoms with van der Waals surface area (Å²) < 4.78 is 45.4. The highest BCUT2D eigenvalue weighted by atomic mass is 19.4. The van der Waals surface area contributed by atoms with Crippen molar-refractivity contribution in [2.75, 3.05) is 13.2 Å². The van der Waals surface area contributed by atoms with E-state index in [9.17, 15) is 22.8 Å². The van der Waals surface area contributed by atoms with Gasteiger partial charge < -0.3 is 14.8 Å². The second-order valence-corrected chi connectivity index (χ2v) is 6.62. The first kappa shape index (κ1) is 23.4. The van der Waals surface area contributed by atoms with Gasteiger partial charge in [-0.05, 0) is 42.5 Å². The van der Waals surface area contributed by atoms with E-state index in [0.717, 1.165) is 30.6 Å². The van der Waals surface area contributed by atoms with Crippen LogP contribution < -0.4 is 10.1 Å². The van der Waals surface area contributed by atoms with Crippen molar-refractivity contribution in [1.82, 2.24) is 5.32 Å². The van der Waals surface area contributed by atoms with E-state index in [1.54, 1.807) is 0 Å². The van der Waals surface area contributed by atoms with E-state index in [1.807, 2.05) is 42.5 Å². The molecule has 30 heavy (non-hydrogen) atoms. The van der Waals surface area contributed by atoms with Crippen LogP contribution in [-0.2, 0) is 27.3 Å². The van der Waals surface area contributed by atoms with Gasteiger partial charge in [-0.1, -0.05) is 42.5 Å². The van der Waals surface area contributed by atoms with Gasteiger partial charge in [0.1, 0.15) is 5.75 Å². The maximum absolute atomic E-state index is 12.0. The third kappa shape index (κ3) is 9.09. The highest BCUT2D eigenvalue weighted by molar-refractivity contribution is 5.88. The molecule has 0 aromatic heterocycles. The first-order valence-electron chi connectivity index (χ1n) is 9.63. The molecule has 0 bridgehead atoms. The van der Waals surface area contributed by atoms with Crippen molar-refractivity contribution in [2.45, 2.75) is 38.4 Å². The van der Waals surface area contributed by atoms with Crippen LogP contribution in [0.3, 0.4) is 0 Å². The maximum atomic E-state index is 12.0. The van der Waals surface area contributed by atoms with Gasteiger partial charge in [0.15, 0.2) is 0 Å². The third-order valence-electron chi connectivity index (χ3n) is 4.17. The van der Waals surface area contributed by atoms with Crippen molar-refractivity contribution >= 4 is 11.9 Å². The average molecular weight is 423 g/mol. The molecule has 0 radical (unpaired) electrons. The summed E-state index contributed by atoms with van der Waals surface area (Å²) in [7, 11) is 0. The minimum absolute atomic E-state index is 0.0869. The average Bonchev–Trinajstić information content (AvgIpc) is 2.72. The van der Waals surface area contributed by atoms with Gasteiger partial charge >= 0.3 is 18.1 Å². The predicted octanol–water partition coefficient (Wildman–Crippen LogP) is 4.20. The number of esters is 2. The molecule has 5 nitrogen and oxygen atoms in total. The Balaban J connectivity index is 1.57. The number of ether oxygens (including phenoxy) is 2. The van der Waals surface area contributed by atoms with Gasteiger partial charge in [0, 0.05) is 13.1 Å². The van der Waals surface area contributed by atoms with Crippen LogP contribution in [0.15, 0.2) is 54.6 Å². The van der Waals surface area contributed by atoms with Crippen LogP contribution >= 0.6 is 0 Å². The van der Waals surface area contributed by atoms with E-state index in [0.29, 0.717) is 13.2 Å². The van der Waals surface area contributed by atoms with Crippen LogP contribution in [0.4, 0.5) is 13.2 Å². The molecule has 0 aliphatic rings. The molecule has 2 aromatic carbocycles. The number of carbonyl (C=O) groups is 2. The lowest BCUT2D eigenvalue weighted by atomic mass is 10.1. The minimum atomic E-state index is -5.17. The topological polar surface area (TPSA) is 64.6 Å². The van der Waals surface area contributed by atoms with E-state index >= 15 is 0 Å². The lowest BCUT2D eigenvalue weighted by molar-refractivity contribution is -0.201. The molecule has 8 heteroatoms. The number of carbonyl (C=O) groups excluding carboxylic acids is 2. The Bertz CT molecular complexity index is 792. The van der Waals surface area contributed by atoms with Crippen LogP contribution in [0.2, 0.25) is 0 Å². The highest BCUT2D eigenvalue weighted by Gasteiger charge is 2.42. The summed E-state index contributed by atoms with van der Waals surface area (Å²) in [6, 6.07) is 17.7. The second kappa shape index (κ2) is 12.0. The summed E-state index contributed by atoms with van der Waals surface area (Å²) in [5.74, 6) is -2.96. The monoisotopic (exact) mass is 423 g/mol. The molecule has 0 heterocycles. The number of aryl methyl sites for hydroxylation is 1. The molecular weight excluding hydrogens is 399 g/mol. The number of rotatable bonds is 11. The standard InChI is InChI=1S/C22H24F3NO4/c23-22(24,25)21(28)30-20(27)13-14-26-16-18-9-11-19(12-10-18)29-15-5-4-8-17-6-2-1-3-7-17/h1-3,6-7,9-12,26H,4-5,8,13-16H2. The van der Waals surface area contributed by atoms with Crippen molar-refractivity contribution < 1.29 is 32.2 Å². The molecule has 2 rings (SSSR count). The predicted molar refractivity (Wildman–Crippen MR) is 105 cm³/mol. The van der Waals surface area contributed by atoms with Crippen LogP contribution in [0, 0.1) is 0 Å². The number of halogens is 3. The van der Waals surface area contributed by atoms with Crippen molar-refractivity contribution in [3.8, 4) is 5.75 Å². The van der Waals surface area contributed by atoms with E-state index in [1.165, 1.54) is 5.56 Å². The second-order valence-electron chi connectivity index (χ2n) is 6.62. The molecule has 0 saturated heterocycles. The van der Waals surface area contributed by atoms with Crippen molar-refractivity contribution in [2.24, 2.45) is 0 Å². The van der Waals surface area contributed by atoms with Gasteiger partial charge in [-0.2, -0.15) is 13.2 Å². The van der Waals surface area contributed by atoms with E-state index < -0.39 is 18.1 Å². The Morgan fingerprint density at radius 2 is 1.60 bits per heavy atom. The Kier molecular flexibility index (Phi) is 9.34. The lowest BCUT2D eigenvalue weighted by Crippen LogP contribution is -2.29. The first-order valence-corrected chi connectivity index (χ1v) is 9.63. The van der Waals surface area contributed by atoms with Gasteiger partial charge in [-0.25, -0.2) is 4.79 Å². The summed E-state index contributed by atoms with van der Waals surface area (Å²) >= 11 is 0. The fourth-order valence-corrected chi connectivity index (χ4v) is 2.60. The normalized spacial score (nSPS) is 11.2. The van der Waals surface area contributed by atoms with Gasteiger partial charge in [0.05, 0.1) is 13.0 Å². The van der Waals surface area contributed by atoms with Crippen molar-refractivity contribution in [3.05, 3.63) is 65.7 Å². The van der Waals surface area contributed by atoms with Crippen LogP contribution in [0.1, 0.15) is 30.4 Å². The summed E-state index contributed by atoms with van der Waals surface area (Å²) in [5, 5.41) is 2.91. The van der Waals surface area contributed by atoms with Crippen LogP contribution in [0.25, 0.3) is 0 Å². The molecule has 0 saturated carbocycles. The van der Waals surface area contributed by atoms with Gasteiger partial charge in [0.25, 0.3) is 0 Å². The first-order chi connectivity index (χ1) is 14.3. The number of hydrogen-bond donors (Lipinski definition) is 1.